The maximum Gasteiger partial charge on any atom is 0.136 e. The van der Waals surface area contributed by atoms with Gasteiger partial charge in [-0.3, -0.25) is 0 Å². The second kappa shape index (κ2) is 5.81. The van der Waals surface area contributed by atoms with Crippen molar-refractivity contribution >= 4 is 31.0 Å². The van der Waals surface area contributed by atoms with Crippen LogP contribution in [-0.4, -0.2) is 25.4 Å². The molecule has 1 heterocycles. The maximum atomic E-state index is 9.87. The number of thiol groups is 2. The van der Waals surface area contributed by atoms with Crippen LogP contribution in [0, 0.1) is 0 Å². The standard InChI is InChI=1S/C10H13N3OS2/c1-3-4-5-8(10(14)7(2)15)13-11-6-9(16)12-13/h3-7,14-15H,1H2,2H3,(H,12,16)/b5-4-,10-8-. The molecule has 1 atom stereocenters. The molecule has 0 saturated carbocycles. The van der Waals surface area contributed by atoms with E-state index in [2.05, 4.69) is 42.0 Å². The fourth-order valence-corrected chi connectivity index (χ4v) is 1.27. The van der Waals surface area contributed by atoms with Gasteiger partial charge in [0.15, 0.2) is 0 Å². The maximum absolute atomic E-state index is 9.87. The van der Waals surface area contributed by atoms with Crippen LogP contribution in [0.2, 0.25) is 0 Å². The molecule has 0 amide bonds. The molecule has 0 aromatic carbocycles. The fraction of sp³-hybridized carbons (Fsp3) is 0.200. The first-order valence-electron chi connectivity index (χ1n) is 4.58. The van der Waals surface area contributed by atoms with Crippen molar-refractivity contribution in [1.29, 1.82) is 0 Å². The Morgan fingerprint density at radius 1 is 1.69 bits per heavy atom. The molecule has 0 aliphatic carbocycles. The summed E-state index contributed by atoms with van der Waals surface area (Å²) < 4.78 is 0. The molecule has 16 heavy (non-hydrogen) atoms. The van der Waals surface area contributed by atoms with Crippen LogP contribution in [0.5, 0.6) is 0 Å². The van der Waals surface area contributed by atoms with Gasteiger partial charge < -0.3 is 5.11 Å². The molecule has 6 heteroatoms. The average molecular weight is 255 g/mol. The average Bonchev–Trinajstić information content (AvgIpc) is 2.65. The van der Waals surface area contributed by atoms with Crippen LogP contribution < -0.4 is 0 Å². The predicted molar refractivity (Wildman–Crippen MR) is 70.9 cm³/mol. The number of aromatic nitrogens is 3. The highest BCUT2D eigenvalue weighted by atomic mass is 32.1. The molecule has 1 aromatic rings. The summed E-state index contributed by atoms with van der Waals surface area (Å²) in [5, 5.41) is 18.0. The van der Waals surface area contributed by atoms with Crippen LogP contribution in [0.4, 0.5) is 0 Å². The smallest absolute Gasteiger partial charge is 0.136 e. The van der Waals surface area contributed by atoms with E-state index in [0.717, 1.165) is 0 Å². The summed E-state index contributed by atoms with van der Waals surface area (Å²) in [5.41, 5.74) is 0.447. The number of allylic oxidation sites excluding steroid dienone is 4. The summed E-state index contributed by atoms with van der Waals surface area (Å²) in [4.78, 5) is 1.30. The minimum atomic E-state index is -0.307. The largest absolute Gasteiger partial charge is 0.509 e. The third-order valence-corrected chi connectivity index (χ3v) is 2.19. The zero-order chi connectivity index (χ0) is 12.1. The molecule has 1 N–H and O–H groups in total. The van der Waals surface area contributed by atoms with E-state index >= 15 is 0 Å². The van der Waals surface area contributed by atoms with Gasteiger partial charge in [0.1, 0.15) is 16.5 Å². The Morgan fingerprint density at radius 2 is 2.38 bits per heavy atom. The van der Waals surface area contributed by atoms with E-state index < -0.39 is 0 Å². The quantitative estimate of drug-likeness (QED) is 0.440. The molecule has 0 fully saturated rings. The second-order valence-electron chi connectivity index (χ2n) is 3.03. The lowest BCUT2D eigenvalue weighted by atomic mass is 10.3. The van der Waals surface area contributed by atoms with Crippen LogP contribution >= 0.6 is 25.3 Å². The molecular formula is C10H13N3OS2. The number of hydrogen-bond donors (Lipinski definition) is 3. The van der Waals surface area contributed by atoms with Gasteiger partial charge in [0.2, 0.25) is 0 Å². The lowest BCUT2D eigenvalue weighted by Crippen LogP contribution is -2.08. The molecule has 1 unspecified atom stereocenters. The van der Waals surface area contributed by atoms with Crippen molar-refractivity contribution in [3.05, 3.63) is 36.8 Å². The van der Waals surface area contributed by atoms with Gasteiger partial charge in [-0.1, -0.05) is 18.7 Å². The fourth-order valence-electron chi connectivity index (χ4n) is 0.999. The summed E-state index contributed by atoms with van der Waals surface area (Å²) in [7, 11) is 0. The van der Waals surface area contributed by atoms with Gasteiger partial charge in [-0.2, -0.15) is 17.7 Å². The van der Waals surface area contributed by atoms with Crippen molar-refractivity contribution in [3.63, 3.8) is 0 Å². The Labute approximate surface area is 105 Å². The number of rotatable bonds is 4. The van der Waals surface area contributed by atoms with E-state index in [1.54, 1.807) is 25.2 Å². The van der Waals surface area contributed by atoms with Gasteiger partial charge in [-0.25, -0.2) is 0 Å². The second-order valence-corrected chi connectivity index (χ2v) is 4.27. The highest BCUT2D eigenvalue weighted by Crippen LogP contribution is 2.16. The van der Waals surface area contributed by atoms with Crippen LogP contribution in [0.3, 0.4) is 0 Å². The van der Waals surface area contributed by atoms with Crippen molar-refractivity contribution in [3.8, 4) is 0 Å². The third-order valence-electron chi connectivity index (χ3n) is 1.74. The van der Waals surface area contributed by atoms with Crippen molar-refractivity contribution < 1.29 is 5.11 Å². The minimum Gasteiger partial charge on any atom is -0.509 e. The van der Waals surface area contributed by atoms with Gasteiger partial charge in [0, 0.05) is 0 Å². The highest BCUT2D eigenvalue weighted by Gasteiger charge is 2.11. The molecular weight excluding hydrogens is 242 g/mol. The Bertz CT molecular complexity index is 435. The number of hydrogen-bond acceptors (Lipinski definition) is 5. The molecule has 4 nitrogen and oxygen atoms in total. The Kier molecular flexibility index (Phi) is 4.70. The first-order chi connectivity index (χ1) is 7.56. The molecule has 1 rings (SSSR count). The zero-order valence-electron chi connectivity index (χ0n) is 8.78. The number of aliphatic hydroxyl groups is 1. The zero-order valence-corrected chi connectivity index (χ0v) is 10.6. The van der Waals surface area contributed by atoms with E-state index in [-0.39, 0.29) is 11.0 Å². The molecule has 0 aliphatic heterocycles. The van der Waals surface area contributed by atoms with Crippen molar-refractivity contribution in [2.45, 2.75) is 17.2 Å². The van der Waals surface area contributed by atoms with Crippen molar-refractivity contribution in [1.82, 2.24) is 15.0 Å². The lowest BCUT2D eigenvalue weighted by Gasteiger charge is -2.08. The summed E-state index contributed by atoms with van der Waals surface area (Å²) in [6.45, 7) is 5.32. The first kappa shape index (κ1) is 12.9. The Hall–Kier alpha value is -1.14. The van der Waals surface area contributed by atoms with Gasteiger partial charge in [-0.15, -0.1) is 22.5 Å². The number of aliphatic hydroxyl groups excluding tert-OH is 1. The molecule has 0 saturated heterocycles. The number of nitrogens with zero attached hydrogens (tertiary/aromatic N) is 3. The van der Waals surface area contributed by atoms with E-state index in [0.29, 0.717) is 10.7 Å². The molecule has 0 radical (unpaired) electrons. The van der Waals surface area contributed by atoms with Crippen LogP contribution in [0.1, 0.15) is 6.92 Å². The van der Waals surface area contributed by atoms with E-state index in [9.17, 15) is 5.11 Å². The molecule has 0 bridgehead atoms. The normalized spacial score (nSPS) is 14.9. The molecule has 0 aliphatic rings. The van der Waals surface area contributed by atoms with E-state index in [4.69, 9.17) is 0 Å². The predicted octanol–water partition coefficient (Wildman–Crippen LogP) is 2.35. The van der Waals surface area contributed by atoms with E-state index in [1.807, 2.05) is 0 Å². The summed E-state index contributed by atoms with van der Waals surface area (Å²) in [5.74, 6) is 0.0883. The molecule has 0 spiro atoms. The molecule has 86 valence electrons. The van der Waals surface area contributed by atoms with Gasteiger partial charge in [0.25, 0.3) is 0 Å². The lowest BCUT2D eigenvalue weighted by molar-refractivity contribution is 0.397. The monoisotopic (exact) mass is 255 g/mol. The van der Waals surface area contributed by atoms with Crippen LogP contribution in [-0.2, 0) is 0 Å². The summed E-state index contributed by atoms with van der Waals surface area (Å²) >= 11 is 8.20. The van der Waals surface area contributed by atoms with Gasteiger partial charge >= 0.3 is 0 Å². The molecule has 1 aromatic heterocycles. The first-order valence-corrected chi connectivity index (χ1v) is 5.54. The van der Waals surface area contributed by atoms with Crippen LogP contribution in [0.15, 0.2) is 41.8 Å². The topological polar surface area (TPSA) is 50.9 Å². The van der Waals surface area contributed by atoms with E-state index in [1.165, 1.54) is 11.0 Å². The van der Waals surface area contributed by atoms with Crippen molar-refractivity contribution in [2.75, 3.05) is 0 Å². The highest BCUT2D eigenvalue weighted by molar-refractivity contribution is 7.81. The summed E-state index contributed by atoms with van der Waals surface area (Å²) in [6.07, 6.45) is 6.43. The summed E-state index contributed by atoms with van der Waals surface area (Å²) in [6, 6.07) is 0. The van der Waals surface area contributed by atoms with Gasteiger partial charge in [0.05, 0.1) is 11.4 Å². The Balaban J connectivity index is 3.20. The minimum absolute atomic E-state index is 0.0883. The SMILES string of the molecule is C=C/C=C\C(=C(\O)C(C)S)n1ncc(S)n1. The van der Waals surface area contributed by atoms with Crippen molar-refractivity contribution in [2.24, 2.45) is 0 Å². The third kappa shape index (κ3) is 3.18. The Morgan fingerprint density at radius 3 is 2.81 bits per heavy atom. The van der Waals surface area contributed by atoms with Gasteiger partial charge in [-0.05, 0) is 13.0 Å². The van der Waals surface area contributed by atoms with Crippen LogP contribution in [0.25, 0.3) is 5.70 Å².